The molecule has 1 atom stereocenters. The fourth-order valence-corrected chi connectivity index (χ4v) is 5.89. The van der Waals surface area contributed by atoms with E-state index in [4.69, 9.17) is 30.5 Å². The highest BCUT2D eigenvalue weighted by Gasteiger charge is 2.27. The van der Waals surface area contributed by atoms with Crippen molar-refractivity contribution in [1.82, 2.24) is 0 Å². The monoisotopic (exact) mass is 660 g/mol. The Morgan fingerprint density at radius 2 is 1.39 bits per heavy atom. The number of carbonyl (C=O) groups is 2. The Bertz CT molecular complexity index is 1150. The number of ether oxygens (including phenoxy) is 4. The Hall–Kier alpha value is -2.80. The van der Waals surface area contributed by atoms with E-state index in [1.807, 2.05) is 6.92 Å². The Morgan fingerprint density at radius 1 is 0.783 bits per heavy atom. The van der Waals surface area contributed by atoms with Crippen molar-refractivity contribution in [3.63, 3.8) is 0 Å². The van der Waals surface area contributed by atoms with Gasteiger partial charge in [0.2, 0.25) is 0 Å². The molecular formula is C38H54ClFO6. The highest BCUT2D eigenvalue weighted by atomic mass is 35.5. The standard InChI is InChI=1S/C38H54ClFO6/c1-3-5-7-8-9-10-11-12-13-14-26-43-36-25-18-30(27-34(36)39)37(41)45-33-23-21-31(22-24-33)44-28-29-16-19-32(20-17-29)46-38(42)35(40)15-6-4-2/h18,21-25,27,29,32,35H,3-17,19-20,26,28H2,1-2H3/t29?,32?,35-/m0/s1. The summed E-state index contributed by atoms with van der Waals surface area (Å²) in [6.45, 7) is 5.36. The van der Waals surface area contributed by atoms with Crippen LogP contribution in [0.2, 0.25) is 5.02 Å². The molecule has 0 aromatic heterocycles. The second-order valence-electron chi connectivity index (χ2n) is 12.5. The molecule has 2 aromatic rings. The molecular weight excluding hydrogens is 607 g/mol. The quantitative estimate of drug-likeness (QED) is 0.0711. The first kappa shape index (κ1) is 37.7. The van der Waals surface area contributed by atoms with Gasteiger partial charge in [-0.25, -0.2) is 14.0 Å². The van der Waals surface area contributed by atoms with Gasteiger partial charge in [0, 0.05) is 0 Å². The van der Waals surface area contributed by atoms with Crippen LogP contribution in [0.5, 0.6) is 17.2 Å². The first-order valence-electron chi connectivity index (χ1n) is 17.6. The van der Waals surface area contributed by atoms with Gasteiger partial charge in [-0.05, 0) is 86.9 Å². The van der Waals surface area contributed by atoms with E-state index in [1.165, 1.54) is 51.4 Å². The van der Waals surface area contributed by atoms with Crippen LogP contribution in [0.25, 0.3) is 0 Å². The average molecular weight is 661 g/mol. The van der Waals surface area contributed by atoms with Crippen LogP contribution in [0.3, 0.4) is 0 Å². The molecule has 1 fully saturated rings. The van der Waals surface area contributed by atoms with E-state index in [0.29, 0.717) is 66.2 Å². The number of halogens is 2. The van der Waals surface area contributed by atoms with Crippen molar-refractivity contribution in [2.75, 3.05) is 13.2 Å². The molecule has 46 heavy (non-hydrogen) atoms. The van der Waals surface area contributed by atoms with Crippen LogP contribution in [0, 0.1) is 5.92 Å². The zero-order valence-electron chi connectivity index (χ0n) is 27.9. The molecule has 0 bridgehead atoms. The van der Waals surface area contributed by atoms with Crippen LogP contribution < -0.4 is 14.2 Å². The summed E-state index contributed by atoms with van der Waals surface area (Å²) < 4.78 is 36.6. The lowest BCUT2D eigenvalue weighted by molar-refractivity contribution is -0.157. The first-order valence-corrected chi connectivity index (χ1v) is 18.0. The van der Waals surface area contributed by atoms with E-state index < -0.39 is 18.1 Å². The molecule has 0 amide bonds. The SMILES string of the molecule is CCCCCCCCCCCCOc1ccc(C(=O)Oc2ccc(OCC3CCC(OC(=O)[C@@H](F)CCCC)CC3)cc2)cc1Cl. The molecule has 2 aromatic carbocycles. The van der Waals surface area contributed by atoms with Crippen molar-refractivity contribution < 1.29 is 32.9 Å². The number of alkyl halides is 1. The second-order valence-corrected chi connectivity index (χ2v) is 12.9. The molecule has 8 heteroatoms. The normalized spacial score (nSPS) is 16.9. The minimum absolute atomic E-state index is 0.217. The van der Waals surface area contributed by atoms with Crippen molar-refractivity contribution in [3.8, 4) is 17.2 Å². The molecule has 0 saturated heterocycles. The molecule has 0 unspecified atom stereocenters. The molecule has 3 rings (SSSR count). The van der Waals surface area contributed by atoms with Crippen molar-refractivity contribution in [2.24, 2.45) is 5.92 Å². The number of benzene rings is 2. The maximum Gasteiger partial charge on any atom is 0.343 e. The van der Waals surface area contributed by atoms with Gasteiger partial charge < -0.3 is 18.9 Å². The van der Waals surface area contributed by atoms with Crippen molar-refractivity contribution in [1.29, 1.82) is 0 Å². The Labute approximate surface area is 280 Å². The highest BCUT2D eigenvalue weighted by molar-refractivity contribution is 6.32. The van der Waals surface area contributed by atoms with Crippen LogP contribution in [-0.4, -0.2) is 37.4 Å². The summed E-state index contributed by atoms with van der Waals surface area (Å²) in [6, 6.07) is 11.9. The van der Waals surface area contributed by atoms with E-state index in [1.54, 1.807) is 42.5 Å². The van der Waals surface area contributed by atoms with Crippen molar-refractivity contribution >= 4 is 23.5 Å². The summed E-state index contributed by atoms with van der Waals surface area (Å²) in [5, 5.41) is 0.385. The van der Waals surface area contributed by atoms with Gasteiger partial charge in [-0.2, -0.15) is 0 Å². The Morgan fingerprint density at radius 3 is 2.02 bits per heavy atom. The average Bonchev–Trinajstić information content (AvgIpc) is 3.07. The topological polar surface area (TPSA) is 71.1 Å². The van der Waals surface area contributed by atoms with Gasteiger partial charge in [-0.3, -0.25) is 0 Å². The van der Waals surface area contributed by atoms with Crippen LogP contribution in [0.1, 0.15) is 133 Å². The van der Waals surface area contributed by atoms with Gasteiger partial charge in [-0.1, -0.05) is 96.1 Å². The van der Waals surface area contributed by atoms with Gasteiger partial charge in [0.15, 0.2) is 6.17 Å². The maximum absolute atomic E-state index is 13.9. The predicted molar refractivity (Wildman–Crippen MR) is 182 cm³/mol. The fraction of sp³-hybridized carbons (Fsp3) is 0.632. The van der Waals surface area contributed by atoms with Crippen LogP contribution in [0.4, 0.5) is 4.39 Å². The molecule has 0 spiro atoms. The lowest BCUT2D eigenvalue weighted by atomic mass is 9.88. The minimum Gasteiger partial charge on any atom is -0.493 e. The van der Waals surface area contributed by atoms with Crippen LogP contribution >= 0.6 is 11.6 Å². The molecule has 0 heterocycles. The molecule has 0 aliphatic heterocycles. The largest absolute Gasteiger partial charge is 0.493 e. The predicted octanol–water partition coefficient (Wildman–Crippen LogP) is 10.9. The number of hydrogen-bond donors (Lipinski definition) is 0. The van der Waals surface area contributed by atoms with Crippen LogP contribution in [-0.2, 0) is 9.53 Å². The maximum atomic E-state index is 13.9. The summed E-state index contributed by atoms with van der Waals surface area (Å²) in [6.07, 6.45) is 15.8. The van der Waals surface area contributed by atoms with Gasteiger partial charge in [0.25, 0.3) is 0 Å². The molecule has 1 aliphatic rings. The zero-order valence-corrected chi connectivity index (χ0v) is 28.7. The van der Waals surface area contributed by atoms with E-state index in [2.05, 4.69) is 6.92 Å². The zero-order chi connectivity index (χ0) is 33.0. The van der Waals surface area contributed by atoms with Gasteiger partial charge in [0.1, 0.15) is 23.4 Å². The van der Waals surface area contributed by atoms with Gasteiger partial charge in [-0.15, -0.1) is 0 Å². The molecule has 0 radical (unpaired) electrons. The third-order valence-electron chi connectivity index (χ3n) is 8.59. The number of unbranched alkanes of at least 4 members (excludes halogenated alkanes) is 10. The molecule has 1 saturated carbocycles. The van der Waals surface area contributed by atoms with E-state index in [9.17, 15) is 14.0 Å². The third-order valence-corrected chi connectivity index (χ3v) is 8.88. The molecule has 0 N–H and O–H groups in total. The number of hydrogen-bond acceptors (Lipinski definition) is 6. The molecule has 6 nitrogen and oxygen atoms in total. The summed E-state index contributed by atoms with van der Waals surface area (Å²) in [5.74, 6) is 0.761. The summed E-state index contributed by atoms with van der Waals surface area (Å²) >= 11 is 6.40. The second kappa shape index (κ2) is 21.9. The fourth-order valence-electron chi connectivity index (χ4n) is 5.66. The third kappa shape index (κ3) is 14.3. The van der Waals surface area contributed by atoms with E-state index in [0.717, 1.165) is 32.1 Å². The lowest BCUT2D eigenvalue weighted by Crippen LogP contribution is -2.30. The Kier molecular flexibility index (Phi) is 17.9. The smallest absolute Gasteiger partial charge is 0.343 e. The lowest BCUT2D eigenvalue weighted by Gasteiger charge is -2.28. The van der Waals surface area contributed by atoms with Crippen LogP contribution in [0.15, 0.2) is 42.5 Å². The minimum atomic E-state index is -1.52. The number of esters is 2. The van der Waals surface area contributed by atoms with Gasteiger partial charge >= 0.3 is 11.9 Å². The summed E-state index contributed by atoms with van der Waals surface area (Å²) in [5.41, 5.74) is 0.348. The van der Waals surface area contributed by atoms with Crippen molar-refractivity contribution in [3.05, 3.63) is 53.1 Å². The highest BCUT2D eigenvalue weighted by Crippen LogP contribution is 2.29. The van der Waals surface area contributed by atoms with E-state index in [-0.39, 0.29) is 12.5 Å². The summed E-state index contributed by atoms with van der Waals surface area (Å²) in [7, 11) is 0. The number of carbonyl (C=O) groups excluding carboxylic acids is 2. The molecule has 1 aliphatic carbocycles. The Balaban J connectivity index is 1.30. The van der Waals surface area contributed by atoms with E-state index >= 15 is 0 Å². The number of rotatable bonds is 22. The first-order chi connectivity index (χ1) is 22.4. The van der Waals surface area contributed by atoms with Gasteiger partial charge in [0.05, 0.1) is 23.8 Å². The van der Waals surface area contributed by atoms with Crippen molar-refractivity contribution in [2.45, 2.75) is 135 Å². The molecule has 256 valence electrons. The summed E-state index contributed by atoms with van der Waals surface area (Å²) in [4.78, 5) is 24.7.